The second-order valence-corrected chi connectivity index (χ2v) is 9.52. The summed E-state index contributed by atoms with van der Waals surface area (Å²) in [7, 11) is 0. The van der Waals surface area contributed by atoms with Crippen molar-refractivity contribution in [2.45, 2.75) is 50.0 Å². The second kappa shape index (κ2) is 9.08. The molecule has 0 N–H and O–H groups in total. The average molecular weight is 428 g/mol. The summed E-state index contributed by atoms with van der Waals surface area (Å²) < 4.78 is 22.0. The number of fused-ring (bicyclic) bond motifs is 1. The molecule has 30 heavy (non-hydrogen) atoms. The summed E-state index contributed by atoms with van der Waals surface area (Å²) in [6.45, 7) is 6.14. The van der Waals surface area contributed by atoms with Gasteiger partial charge < -0.3 is 9.30 Å². The van der Waals surface area contributed by atoms with Crippen molar-refractivity contribution in [2.24, 2.45) is 0 Å². The molecule has 1 aliphatic rings. The maximum Gasteiger partial charge on any atom is 0.137 e. The van der Waals surface area contributed by atoms with Gasteiger partial charge in [0.1, 0.15) is 11.5 Å². The summed E-state index contributed by atoms with van der Waals surface area (Å²) in [6.07, 6.45) is 8.21. The normalized spacial score (nSPS) is 16.4. The van der Waals surface area contributed by atoms with E-state index in [0.29, 0.717) is 13.2 Å². The fourth-order valence-corrected chi connectivity index (χ4v) is 4.52. The predicted molar refractivity (Wildman–Crippen MR) is 122 cm³/mol. The lowest BCUT2D eigenvalue weighted by Crippen LogP contribution is -2.42. The molecule has 0 saturated carbocycles. The molecule has 1 fully saturated rings. The number of hydrogen-bond acceptors (Lipinski definition) is 4. The van der Waals surface area contributed by atoms with Gasteiger partial charge in [0, 0.05) is 42.3 Å². The fraction of sp³-hybridized carbons (Fsp3) is 0.458. The number of pyridine rings is 1. The van der Waals surface area contributed by atoms with Crippen LogP contribution in [0.3, 0.4) is 0 Å². The number of nitrogens with zero attached hydrogens (tertiary/aromatic N) is 3. The van der Waals surface area contributed by atoms with Crippen molar-refractivity contribution in [2.75, 3.05) is 25.9 Å². The van der Waals surface area contributed by atoms with E-state index in [1.54, 1.807) is 25.6 Å². The topological polar surface area (TPSA) is 30.3 Å². The first-order valence-corrected chi connectivity index (χ1v) is 11.8. The molecule has 4 rings (SSSR count). The number of piperidine rings is 1. The van der Waals surface area contributed by atoms with Gasteiger partial charge in [0.2, 0.25) is 0 Å². The molecule has 4 nitrogen and oxygen atoms in total. The van der Waals surface area contributed by atoms with E-state index in [-0.39, 0.29) is 6.10 Å². The molecule has 3 heterocycles. The molecule has 160 valence electrons. The van der Waals surface area contributed by atoms with Crippen LogP contribution in [0.4, 0.5) is 4.39 Å². The summed E-state index contributed by atoms with van der Waals surface area (Å²) in [5.74, 6) is 0.910. The Morgan fingerprint density at radius 1 is 1.17 bits per heavy atom. The molecule has 3 aromatic rings. The Bertz CT molecular complexity index is 972. The van der Waals surface area contributed by atoms with Crippen LogP contribution in [-0.2, 0) is 11.3 Å². The van der Waals surface area contributed by atoms with Crippen LogP contribution in [0.2, 0.25) is 0 Å². The molecule has 0 bridgehead atoms. The quantitative estimate of drug-likeness (QED) is 0.467. The minimum Gasteiger partial charge on any atom is -0.373 e. The molecule has 0 spiro atoms. The summed E-state index contributed by atoms with van der Waals surface area (Å²) in [4.78, 5) is 8.12. The Kier molecular flexibility index (Phi) is 6.46. The minimum atomic E-state index is -1.14. The molecule has 0 aliphatic carbocycles. The van der Waals surface area contributed by atoms with E-state index in [9.17, 15) is 4.39 Å². The standard InChI is InChI=1S/C24H30FN3OS/c1-24(2,25)17-27-11-9-20(10-12-27)29-16-18-4-7-23(26-15-18)28-13-8-19-14-21(30-3)5-6-22(19)28/h4-8,13-15,20H,9-12,16-17H2,1-3H3. The summed E-state index contributed by atoms with van der Waals surface area (Å²) in [5, 5.41) is 1.22. The first kappa shape index (κ1) is 21.3. The number of hydrogen-bond donors (Lipinski definition) is 0. The lowest BCUT2D eigenvalue weighted by Gasteiger charge is -2.34. The highest BCUT2D eigenvalue weighted by molar-refractivity contribution is 7.98. The van der Waals surface area contributed by atoms with Gasteiger partial charge in [-0.2, -0.15) is 0 Å². The maximum absolute atomic E-state index is 13.8. The Hall–Kier alpha value is -1.89. The van der Waals surface area contributed by atoms with Crippen molar-refractivity contribution in [1.82, 2.24) is 14.5 Å². The zero-order chi connectivity index (χ0) is 21.1. The zero-order valence-electron chi connectivity index (χ0n) is 18.0. The Labute approximate surface area is 182 Å². The molecule has 0 amide bonds. The number of benzene rings is 1. The SMILES string of the molecule is CSc1ccc2c(ccn2-c2ccc(COC3CCN(CC(C)(C)F)CC3)cn2)c1. The van der Waals surface area contributed by atoms with Gasteiger partial charge in [-0.15, -0.1) is 11.8 Å². The van der Waals surface area contributed by atoms with E-state index in [0.717, 1.165) is 42.8 Å². The Balaban J connectivity index is 1.33. The van der Waals surface area contributed by atoms with Gasteiger partial charge in [-0.25, -0.2) is 9.37 Å². The Morgan fingerprint density at radius 2 is 1.97 bits per heavy atom. The number of aromatic nitrogens is 2. The largest absolute Gasteiger partial charge is 0.373 e. The molecule has 0 radical (unpaired) electrons. The van der Waals surface area contributed by atoms with Crippen molar-refractivity contribution in [3.8, 4) is 5.82 Å². The van der Waals surface area contributed by atoms with E-state index in [4.69, 9.17) is 4.74 Å². The van der Waals surface area contributed by atoms with E-state index in [1.807, 2.05) is 12.3 Å². The third-order valence-corrected chi connectivity index (χ3v) is 6.30. The smallest absolute Gasteiger partial charge is 0.137 e. The third-order valence-electron chi connectivity index (χ3n) is 5.57. The summed E-state index contributed by atoms with van der Waals surface area (Å²) >= 11 is 1.75. The zero-order valence-corrected chi connectivity index (χ0v) is 18.8. The van der Waals surface area contributed by atoms with Gasteiger partial charge in [-0.1, -0.05) is 6.07 Å². The predicted octanol–water partition coefficient (Wildman–Crippen LogP) is 5.48. The third kappa shape index (κ3) is 5.23. The molecule has 1 aromatic carbocycles. The number of alkyl halides is 1. The molecule has 0 atom stereocenters. The van der Waals surface area contributed by atoms with E-state index in [1.165, 1.54) is 10.3 Å². The monoisotopic (exact) mass is 427 g/mol. The maximum atomic E-state index is 13.8. The van der Waals surface area contributed by atoms with Crippen LogP contribution in [0.25, 0.3) is 16.7 Å². The van der Waals surface area contributed by atoms with Gasteiger partial charge in [0.05, 0.1) is 18.2 Å². The average Bonchev–Trinajstić information content (AvgIpc) is 3.15. The number of likely N-dealkylation sites (tertiary alicyclic amines) is 1. The van der Waals surface area contributed by atoms with Crippen LogP contribution in [0, 0.1) is 0 Å². The van der Waals surface area contributed by atoms with Gasteiger partial charge in [-0.3, -0.25) is 4.90 Å². The Morgan fingerprint density at radius 3 is 2.63 bits per heavy atom. The molecule has 6 heteroatoms. The first-order valence-electron chi connectivity index (χ1n) is 10.5. The van der Waals surface area contributed by atoms with Crippen molar-refractivity contribution in [1.29, 1.82) is 0 Å². The lowest BCUT2D eigenvalue weighted by molar-refractivity contribution is -0.0114. The van der Waals surface area contributed by atoms with Crippen LogP contribution >= 0.6 is 11.8 Å². The van der Waals surface area contributed by atoms with E-state index >= 15 is 0 Å². The van der Waals surface area contributed by atoms with Gasteiger partial charge in [-0.05, 0) is 68.8 Å². The highest BCUT2D eigenvalue weighted by Gasteiger charge is 2.25. The molecule has 0 unspecified atom stereocenters. The van der Waals surface area contributed by atoms with E-state index < -0.39 is 5.67 Å². The van der Waals surface area contributed by atoms with Crippen LogP contribution in [0.1, 0.15) is 32.3 Å². The molecule has 1 saturated heterocycles. The summed E-state index contributed by atoms with van der Waals surface area (Å²) in [6, 6.07) is 12.8. The first-order chi connectivity index (χ1) is 14.4. The molecular weight excluding hydrogens is 397 g/mol. The van der Waals surface area contributed by atoms with Gasteiger partial charge >= 0.3 is 0 Å². The van der Waals surface area contributed by atoms with Crippen molar-refractivity contribution < 1.29 is 9.13 Å². The number of ether oxygens (including phenoxy) is 1. The van der Waals surface area contributed by atoms with Gasteiger partial charge in [0.15, 0.2) is 0 Å². The van der Waals surface area contributed by atoms with Crippen LogP contribution < -0.4 is 0 Å². The highest BCUT2D eigenvalue weighted by Crippen LogP contribution is 2.25. The number of rotatable bonds is 7. The fourth-order valence-electron chi connectivity index (χ4n) is 4.07. The van der Waals surface area contributed by atoms with Crippen LogP contribution in [-0.4, -0.2) is 52.1 Å². The van der Waals surface area contributed by atoms with Crippen molar-refractivity contribution in [3.05, 3.63) is 54.4 Å². The highest BCUT2D eigenvalue weighted by atomic mass is 32.2. The van der Waals surface area contributed by atoms with Crippen LogP contribution in [0.5, 0.6) is 0 Å². The lowest BCUT2D eigenvalue weighted by atomic mass is 10.0. The van der Waals surface area contributed by atoms with Crippen molar-refractivity contribution >= 4 is 22.7 Å². The number of thioether (sulfide) groups is 1. The summed E-state index contributed by atoms with van der Waals surface area (Å²) in [5.41, 5.74) is 1.10. The molecule has 2 aromatic heterocycles. The minimum absolute atomic E-state index is 0.239. The second-order valence-electron chi connectivity index (χ2n) is 8.64. The van der Waals surface area contributed by atoms with Crippen molar-refractivity contribution in [3.63, 3.8) is 0 Å². The van der Waals surface area contributed by atoms with Gasteiger partial charge in [0.25, 0.3) is 0 Å². The number of halogens is 1. The van der Waals surface area contributed by atoms with Crippen LogP contribution in [0.15, 0.2) is 53.7 Å². The molecule has 1 aliphatic heterocycles. The van der Waals surface area contributed by atoms with E-state index in [2.05, 4.69) is 57.2 Å². The molecular formula is C24H30FN3OS.